The average molecular weight is 298 g/mol. The van der Waals surface area contributed by atoms with Gasteiger partial charge in [-0.15, -0.1) is 0 Å². The van der Waals surface area contributed by atoms with Crippen LogP contribution in [0.25, 0.3) is 0 Å². The lowest BCUT2D eigenvalue weighted by atomic mass is 10.0. The first-order valence-corrected chi connectivity index (χ1v) is 7.63. The molecule has 1 aromatic heterocycles. The van der Waals surface area contributed by atoms with Crippen molar-refractivity contribution in [1.29, 1.82) is 0 Å². The number of nitrogens with one attached hydrogen (secondary N) is 2. The Hall–Kier alpha value is -1.70. The van der Waals surface area contributed by atoms with Crippen molar-refractivity contribution in [2.24, 2.45) is 0 Å². The Kier molecular flexibility index (Phi) is 4.53. The molecular formula is C12H18N4O3S. The van der Waals surface area contributed by atoms with E-state index in [0.717, 1.165) is 11.4 Å². The fraction of sp³-hybridized carbons (Fsp3) is 0.583. The molecule has 0 saturated carbocycles. The van der Waals surface area contributed by atoms with E-state index in [-0.39, 0.29) is 24.2 Å². The van der Waals surface area contributed by atoms with Gasteiger partial charge in [0.15, 0.2) is 0 Å². The van der Waals surface area contributed by atoms with Gasteiger partial charge in [0.1, 0.15) is 6.04 Å². The second-order valence-electron chi connectivity index (χ2n) is 4.75. The van der Waals surface area contributed by atoms with Gasteiger partial charge in [0.05, 0.1) is 24.3 Å². The van der Waals surface area contributed by atoms with E-state index in [4.69, 9.17) is 0 Å². The number of nitrogens with zero attached hydrogens (tertiary/aromatic N) is 2. The standard InChI is InChI=1S/C12H18N4O3S/c1-7(20-2)4-13-12(19)16-5-9-8(14-6-15-9)3-10(16)11(17)18/h6-7,10H,3-5H2,1-2H3,(H,13,19)(H,14,15)(H,17,18). The quantitative estimate of drug-likeness (QED) is 0.759. The minimum absolute atomic E-state index is 0.236. The Balaban J connectivity index is 2.08. The van der Waals surface area contributed by atoms with Gasteiger partial charge in [-0.1, -0.05) is 6.92 Å². The molecule has 7 nitrogen and oxygen atoms in total. The van der Waals surface area contributed by atoms with Crippen molar-refractivity contribution in [2.75, 3.05) is 12.8 Å². The molecule has 0 aliphatic carbocycles. The molecule has 2 heterocycles. The van der Waals surface area contributed by atoms with Crippen LogP contribution in [-0.2, 0) is 17.8 Å². The number of carbonyl (C=O) groups excluding carboxylic acids is 1. The zero-order valence-electron chi connectivity index (χ0n) is 11.4. The summed E-state index contributed by atoms with van der Waals surface area (Å²) in [5.41, 5.74) is 1.52. The number of aliphatic carboxylic acids is 1. The Bertz CT molecular complexity index is 505. The number of carbonyl (C=O) groups is 2. The van der Waals surface area contributed by atoms with Crippen LogP contribution in [0, 0.1) is 0 Å². The van der Waals surface area contributed by atoms with E-state index in [1.807, 2.05) is 13.2 Å². The summed E-state index contributed by atoms with van der Waals surface area (Å²) in [7, 11) is 0. The fourth-order valence-corrected chi connectivity index (χ4v) is 2.34. The van der Waals surface area contributed by atoms with Crippen LogP contribution in [0.1, 0.15) is 18.3 Å². The SMILES string of the molecule is CSC(C)CNC(=O)N1Cc2[nH]cnc2CC1C(=O)O. The van der Waals surface area contributed by atoms with Gasteiger partial charge >= 0.3 is 12.0 Å². The van der Waals surface area contributed by atoms with Gasteiger partial charge < -0.3 is 20.3 Å². The third-order valence-electron chi connectivity index (χ3n) is 3.39. The molecule has 0 fully saturated rings. The summed E-state index contributed by atoms with van der Waals surface area (Å²) < 4.78 is 0. The van der Waals surface area contributed by atoms with Crippen LogP contribution in [0.15, 0.2) is 6.33 Å². The number of H-pyrrole nitrogens is 1. The van der Waals surface area contributed by atoms with Gasteiger partial charge in [-0.3, -0.25) is 0 Å². The van der Waals surface area contributed by atoms with E-state index in [0.29, 0.717) is 6.54 Å². The highest BCUT2D eigenvalue weighted by Crippen LogP contribution is 2.20. The second-order valence-corrected chi connectivity index (χ2v) is 6.02. The number of fused-ring (bicyclic) bond motifs is 1. The van der Waals surface area contributed by atoms with Crippen molar-refractivity contribution in [2.45, 2.75) is 31.2 Å². The predicted octanol–water partition coefficient (Wildman–Crippen LogP) is 0.682. The summed E-state index contributed by atoms with van der Waals surface area (Å²) in [4.78, 5) is 31.9. The Morgan fingerprint density at radius 1 is 1.70 bits per heavy atom. The molecule has 1 aliphatic heterocycles. The Morgan fingerprint density at radius 2 is 2.45 bits per heavy atom. The van der Waals surface area contributed by atoms with Gasteiger partial charge in [-0.05, 0) is 6.26 Å². The maximum atomic E-state index is 12.2. The first-order chi connectivity index (χ1) is 9.52. The van der Waals surface area contributed by atoms with Crippen molar-refractivity contribution < 1.29 is 14.7 Å². The van der Waals surface area contributed by atoms with Gasteiger partial charge in [0.2, 0.25) is 0 Å². The second kappa shape index (κ2) is 6.17. The number of urea groups is 1. The molecule has 1 aliphatic rings. The highest BCUT2D eigenvalue weighted by molar-refractivity contribution is 7.99. The lowest BCUT2D eigenvalue weighted by Crippen LogP contribution is -2.53. The number of carboxylic acids is 1. The van der Waals surface area contributed by atoms with Crippen LogP contribution in [0.5, 0.6) is 0 Å². The molecule has 110 valence electrons. The van der Waals surface area contributed by atoms with E-state index >= 15 is 0 Å². The van der Waals surface area contributed by atoms with E-state index in [9.17, 15) is 14.7 Å². The molecule has 2 unspecified atom stereocenters. The third kappa shape index (κ3) is 3.06. The molecule has 2 amide bonds. The zero-order chi connectivity index (χ0) is 14.7. The summed E-state index contributed by atoms with van der Waals surface area (Å²) in [5.74, 6) is -1.01. The maximum Gasteiger partial charge on any atom is 0.326 e. The summed E-state index contributed by atoms with van der Waals surface area (Å²) in [5, 5.41) is 12.3. The molecule has 0 saturated heterocycles. The molecule has 0 aromatic carbocycles. The smallest absolute Gasteiger partial charge is 0.326 e. The number of hydrogen-bond acceptors (Lipinski definition) is 4. The third-order valence-corrected chi connectivity index (χ3v) is 4.36. The van der Waals surface area contributed by atoms with Crippen molar-refractivity contribution in [3.63, 3.8) is 0 Å². The molecular weight excluding hydrogens is 280 g/mol. The van der Waals surface area contributed by atoms with Gasteiger partial charge in [0.25, 0.3) is 0 Å². The zero-order valence-corrected chi connectivity index (χ0v) is 12.2. The van der Waals surface area contributed by atoms with Crippen LogP contribution < -0.4 is 5.32 Å². The summed E-state index contributed by atoms with van der Waals surface area (Å²) in [6.45, 7) is 2.76. The Labute approximate surface area is 121 Å². The summed E-state index contributed by atoms with van der Waals surface area (Å²) >= 11 is 1.64. The summed E-state index contributed by atoms with van der Waals surface area (Å²) in [6.07, 6.45) is 3.73. The number of imidazole rings is 1. The lowest BCUT2D eigenvalue weighted by molar-refractivity contribution is -0.142. The molecule has 0 spiro atoms. The summed E-state index contributed by atoms with van der Waals surface area (Å²) in [6, 6.07) is -1.21. The van der Waals surface area contributed by atoms with E-state index < -0.39 is 12.0 Å². The largest absolute Gasteiger partial charge is 0.480 e. The number of aromatic amines is 1. The monoisotopic (exact) mass is 298 g/mol. The van der Waals surface area contributed by atoms with Crippen LogP contribution in [-0.4, -0.2) is 56.1 Å². The number of rotatable bonds is 4. The molecule has 0 bridgehead atoms. The van der Waals surface area contributed by atoms with Gasteiger partial charge in [0, 0.05) is 18.2 Å². The van der Waals surface area contributed by atoms with Crippen molar-refractivity contribution in [1.82, 2.24) is 20.2 Å². The highest BCUT2D eigenvalue weighted by Gasteiger charge is 2.35. The molecule has 1 aromatic rings. The fourth-order valence-electron chi connectivity index (χ4n) is 2.09. The minimum atomic E-state index is -1.01. The van der Waals surface area contributed by atoms with Gasteiger partial charge in [-0.25, -0.2) is 14.6 Å². The molecule has 2 rings (SSSR count). The van der Waals surface area contributed by atoms with Crippen molar-refractivity contribution >= 4 is 23.8 Å². The van der Waals surface area contributed by atoms with Gasteiger partial charge in [-0.2, -0.15) is 11.8 Å². The minimum Gasteiger partial charge on any atom is -0.480 e. The average Bonchev–Trinajstić information content (AvgIpc) is 2.89. The first kappa shape index (κ1) is 14.7. The number of carboxylic acid groups (broad SMARTS) is 1. The van der Waals surface area contributed by atoms with Crippen LogP contribution in [0.4, 0.5) is 4.79 Å². The van der Waals surface area contributed by atoms with Crippen molar-refractivity contribution in [3.05, 3.63) is 17.7 Å². The van der Waals surface area contributed by atoms with Crippen LogP contribution >= 0.6 is 11.8 Å². The molecule has 0 radical (unpaired) electrons. The molecule has 2 atom stereocenters. The molecule has 8 heteroatoms. The normalized spacial score (nSPS) is 19.3. The lowest BCUT2D eigenvalue weighted by Gasteiger charge is -2.32. The first-order valence-electron chi connectivity index (χ1n) is 6.34. The number of aromatic nitrogens is 2. The Morgan fingerprint density at radius 3 is 3.10 bits per heavy atom. The number of hydrogen-bond donors (Lipinski definition) is 3. The van der Waals surface area contributed by atoms with E-state index in [1.54, 1.807) is 11.8 Å². The van der Waals surface area contributed by atoms with E-state index in [1.165, 1.54) is 11.2 Å². The van der Waals surface area contributed by atoms with Crippen LogP contribution in [0.2, 0.25) is 0 Å². The van der Waals surface area contributed by atoms with Crippen molar-refractivity contribution in [3.8, 4) is 0 Å². The number of thioether (sulfide) groups is 1. The molecule has 20 heavy (non-hydrogen) atoms. The highest BCUT2D eigenvalue weighted by atomic mass is 32.2. The van der Waals surface area contributed by atoms with Crippen LogP contribution in [0.3, 0.4) is 0 Å². The maximum absolute atomic E-state index is 12.2. The molecule has 3 N–H and O–H groups in total. The predicted molar refractivity (Wildman–Crippen MR) is 75.6 cm³/mol. The number of amides is 2. The topological polar surface area (TPSA) is 98.3 Å². The van der Waals surface area contributed by atoms with E-state index in [2.05, 4.69) is 15.3 Å².